The van der Waals surface area contributed by atoms with Gasteiger partial charge in [-0.2, -0.15) is 11.8 Å². The van der Waals surface area contributed by atoms with Gasteiger partial charge in [-0.15, -0.1) is 0 Å². The van der Waals surface area contributed by atoms with Gasteiger partial charge in [-0.3, -0.25) is 0 Å². The Morgan fingerprint density at radius 1 is 1.50 bits per heavy atom. The number of allylic oxidation sites excluding steroid dienone is 1. The summed E-state index contributed by atoms with van der Waals surface area (Å²) in [4.78, 5) is 0. The van der Waals surface area contributed by atoms with Gasteiger partial charge in [0.05, 0.1) is 0 Å². The van der Waals surface area contributed by atoms with Crippen molar-refractivity contribution in [2.24, 2.45) is 0 Å². The van der Waals surface area contributed by atoms with Crippen LogP contribution in [0.4, 0.5) is 0 Å². The zero-order valence-electron chi connectivity index (χ0n) is 4.14. The van der Waals surface area contributed by atoms with Crippen LogP contribution in [-0.2, 0) is 0 Å². The largest absolute Gasteiger partial charge is 0.156 e. The summed E-state index contributed by atoms with van der Waals surface area (Å²) >= 11 is 1.71. The Bertz CT molecular complexity index is 39.2. The van der Waals surface area contributed by atoms with Gasteiger partial charge in [0, 0.05) is 5.75 Å². The third-order valence-electron chi connectivity index (χ3n) is 0.407. The van der Waals surface area contributed by atoms with Gasteiger partial charge in [0.1, 0.15) is 0 Å². The van der Waals surface area contributed by atoms with E-state index in [9.17, 15) is 0 Å². The summed E-state index contributed by atoms with van der Waals surface area (Å²) < 4.78 is 0. The Hall–Kier alpha value is 0.0900. The van der Waals surface area contributed by atoms with E-state index in [1.54, 1.807) is 11.8 Å². The van der Waals surface area contributed by atoms with Crippen LogP contribution in [0.3, 0.4) is 0 Å². The van der Waals surface area contributed by atoms with E-state index < -0.39 is 0 Å². The molecule has 0 N–H and O–H groups in total. The van der Waals surface area contributed by atoms with Crippen molar-refractivity contribution >= 4 is 11.8 Å². The summed E-state index contributed by atoms with van der Waals surface area (Å²) in [7, 11) is 0. The molecule has 35 valence electrons. The molecule has 0 rings (SSSR count). The van der Waals surface area contributed by atoms with Crippen molar-refractivity contribution in [2.45, 2.75) is 6.92 Å². The highest BCUT2D eigenvalue weighted by molar-refractivity contribution is 8.00. The lowest BCUT2D eigenvalue weighted by Gasteiger charge is -1.76. The summed E-state index contributed by atoms with van der Waals surface area (Å²) in [5, 5.41) is 0. The average molecular weight is 101 g/mol. The van der Waals surface area contributed by atoms with E-state index in [-0.39, 0.29) is 0 Å². The molecule has 1 radical (unpaired) electrons. The number of thioether (sulfide) groups is 1. The van der Waals surface area contributed by atoms with Gasteiger partial charge >= 0.3 is 0 Å². The van der Waals surface area contributed by atoms with Crippen molar-refractivity contribution in [3.05, 3.63) is 17.9 Å². The summed E-state index contributed by atoms with van der Waals surface area (Å²) in [5.74, 6) is 2.04. The van der Waals surface area contributed by atoms with E-state index in [0.29, 0.717) is 0 Å². The first-order chi connectivity index (χ1) is 2.91. The summed E-state index contributed by atoms with van der Waals surface area (Å²) in [5.41, 5.74) is 0. The molecule has 0 aliphatic heterocycles. The molecule has 0 spiro atoms. The van der Waals surface area contributed by atoms with Crippen molar-refractivity contribution in [2.75, 3.05) is 6.26 Å². The lowest BCUT2D eigenvalue weighted by Crippen LogP contribution is -1.50. The third kappa shape index (κ3) is 4.09. The topological polar surface area (TPSA) is 0 Å². The lowest BCUT2D eigenvalue weighted by molar-refractivity contribution is 1.73. The molecule has 0 aromatic carbocycles. The molecule has 0 aliphatic carbocycles. The van der Waals surface area contributed by atoms with Crippen LogP contribution in [0.2, 0.25) is 0 Å². The molecule has 0 unspecified atom stereocenters. The smallest absolute Gasteiger partial charge is 0.0378 e. The standard InChI is InChI=1S/C5H9S/c1-3-4-5-6-2/h3-5H,1-2H3/b4-3+. The van der Waals surface area contributed by atoms with E-state index in [2.05, 4.69) is 0 Å². The first-order valence-electron chi connectivity index (χ1n) is 1.89. The highest BCUT2D eigenvalue weighted by Crippen LogP contribution is 1.96. The van der Waals surface area contributed by atoms with Crippen LogP contribution < -0.4 is 0 Å². The predicted octanol–water partition coefficient (Wildman–Crippen LogP) is 2.09. The van der Waals surface area contributed by atoms with Gasteiger partial charge in [-0.1, -0.05) is 12.2 Å². The Morgan fingerprint density at radius 3 is 2.33 bits per heavy atom. The van der Waals surface area contributed by atoms with Crippen LogP contribution in [0.5, 0.6) is 0 Å². The zero-order valence-corrected chi connectivity index (χ0v) is 4.96. The monoisotopic (exact) mass is 101 g/mol. The van der Waals surface area contributed by atoms with Crippen molar-refractivity contribution in [1.82, 2.24) is 0 Å². The highest BCUT2D eigenvalue weighted by Gasteiger charge is 1.65. The number of rotatable bonds is 2. The van der Waals surface area contributed by atoms with Crippen molar-refractivity contribution < 1.29 is 0 Å². The van der Waals surface area contributed by atoms with Crippen molar-refractivity contribution in [3.63, 3.8) is 0 Å². The van der Waals surface area contributed by atoms with Crippen molar-refractivity contribution in [1.29, 1.82) is 0 Å². The summed E-state index contributed by atoms with van der Waals surface area (Å²) in [6.45, 7) is 2.01. The highest BCUT2D eigenvalue weighted by atomic mass is 32.2. The van der Waals surface area contributed by atoms with Crippen LogP contribution in [0.25, 0.3) is 0 Å². The molecule has 0 aromatic rings. The fourth-order valence-electron chi connectivity index (χ4n) is 0.157. The average Bonchev–Trinajstić information content (AvgIpc) is 1.61. The molecular formula is C5H9S. The van der Waals surface area contributed by atoms with E-state index in [0.717, 1.165) is 0 Å². The lowest BCUT2D eigenvalue weighted by atomic mass is 10.6. The summed E-state index contributed by atoms with van der Waals surface area (Å²) in [6.07, 6.45) is 6.07. The first kappa shape index (κ1) is 6.09. The first-order valence-corrected chi connectivity index (χ1v) is 3.18. The van der Waals surface area contributed by atoms with Crippen LogP contribution in [0.15, 0.2) is 12.2 Å². The van der Waals surface area contributed by atoms with Gasteiger partial charge < -0.3 is 0 Å². The van der Waals surface area contributed by atoms with Crippen LogP contribution >= 0.6 is 11.8 Å². The number of hydrogen-bond acceptors (Lipinski definition) is 1. The van der Waals surface area contributed by atoms with Crippen molar-refractivity contribution in [3.8, 4) is 0 Å². The molecule has 0 aromatic heterocycles. The third-order valence-corrected chi connectivity index (χ3v) is 0.836. The molecule has 0 heterocycles. The molecule has 0 fully saturated rings. The minimum atomic E-state index is 1.71. The van der Waals surface area contributed by atoms with E-state index in [1.165, 1.54) is 0 Å². The molecule has 1 heteroatoms. The molecule has 0 saturated carbocycles. The second-order valence-electron chi connectivity index (χ2n) is 0.898. The predicted molar refractivity (Wildman–Crippen MR) is 32.6 cm³/mol. The maximum atomic E-state index is 2.04. The van der Waals surface area contributed by atoms with Gasteiger partial charge in [-0.25, -0.2) is 0 Å². The molecular weight excluding hydrogens is 92.1 g/mol. The second-order valence-corrected chi connectivity index (χ2v) is 1.64. The Balaban J connectivity index is 2.66. The second kappa shape index (κ2) is 5.09. The SMILES string of the molecule is C/C=C/[CH]SC. The minimum Gasteiger partial charge on any atom is -0.156 e. The van der Waals surface area contributed by atoms with Crippen LogP contribution in [0, 0.1) is 5.75 Å². The number of hydrogen-bond donors (Lipinski definition) is 0. The van der Waals surface area contributed by atoms with Crippen LogP contribution in [-0.4, -0.2) is 6.26 Å². The maximum Gasteiger partial charge on any atom is 0.0378 e. The fraction of sp³-hybridized carbons (Fsp3) is 0.400. The molecule has 0 bridgehead atoms. The molecule has 0 amide bonds. The molecule has 0 atom stereocenters. The Labute approximate surface area is 43.6 Å². The van der Waals surface area contributed by atoms with Gasteiger partial charge in [0.25, 0.3) is 0 Å². The minimum absolute atomic E-state index is 1.71. The summed E-state index contributed by atoms with van der Waals surface area (Å²) in [6, 6.07) is 0. The zero-order chi connectivity index (χ0) is 4.83. The van der Waals surface area contributed by atoms with Crippen LogP contribution in [0.1, 0.15) is 6.92 Å². The molecule has 0 aliphatic rings. The quantitative estimate of drug-likeness (QED) is 0.513. The fourth-order valence-corrected chi connectivity index (χ4v) is 0.471. The molecule has 6 heavy (non-hydrogen) atoms. The van der Waals surface area contributed by atoms with E-state index in [1.807, 2.05) is 31.1 Å². The van der Waals surface area contributed by atoms with E-state index >= 15 is 0 Å². The van der Waals surface area contributed by atoms with Gasteiger partial charge in [-0.05, 0) is 13.2 Å². The Morgan fingerprint density at radius 2 is 2.17 bits per heavy atom. The van der Waals surface area contributed by atoms with E-state index in [4.69, 9.17) is 0 Å². The van der Waals surface area contributed by atoms with Gasteiger partial charge in [0.2, 0.25) is 0 Å². The Kier molecular flexibility index (Phi) is 5.17. The normalized spacial score (nSPS) is 10.3. The molecule has 0 nitrogen and oxygen atoms in total. The maximum absolute atomic E-state index is 2.04. The van der Waals surface area contributed by atoms with Gasteiger partial charge in [0.15, 0.2) is 0 Å². The molecule has 0 saturated heterocycles.